The Hall–Kier alpha value is -3.85. The van der Waals surface area contributed by atoms with Crippen molar-refractivity contribution in [3.8, 4) is 22.8 Å². The fourth-order valence-electron chi connectivity index (χ4n) is 4.27. The third-order valence-electron chi connectivity index (χ3n) is 6.56. The number of nitrogens with one attached hydrogen (secondary N) is 1. The number of pyridine rings is 1. The average Bonchev–Trinajstić information content (AvgIpc) is 3.68. The molecule has 2 aromatic carbocycles. The highest BCUT2D eigenvalue weighted by molar-refractivity contribution is 6.30. The molecule has 1 aromatic heterocycles. The molecule has 0 saturated heterocycles. The minimum atomic E-state index is -0.787. The third kappa shape index (κ3) is 5.46. The molecule has 1 saturated carbocycles. The van der Waals surface area contributed by atoms with E-state index < -0.39 is 17.8 Å². The van der Waals surface area contributed by atoms with E-state index in [0.29, 0.717) is 43.3 Å². The summed E-state index contributed by atoms with van der Waals surface area (Å²) in [4.78, 5) is 29.9. The van der Waals surface area contributed by atoms with E-state index in [0.717, 1.165) is 17.2 Å². The number of carboxylic acids is 1. The van der Waals surface area contributed by atoms with Crippen LogP contribution in [0.4, 0.5) is 20.6 Å². The number of ether oxygens (including phenoxy) is 2. The lowest BCUT2D eigenvalue weighted by Gasteiger charge is -2.35. The van der Waals surface area contributed by atoms with E-state index in [9.17, 15) is 14.0 Å². The Morgan fingerprint density at radius 2 is 2.03 bits per heavy atom. The first-order valence-corrected chi connectivity index (χ1v) is 12.4. The van der Waals surface area contributed by atoms with Crippen LogP contribution in [0.5, 0.6) is 11.6 Å². The molecule has 2 N–H and O–H groups in total. The number of hydrogen-bond acceptors (Lipinski definition) is 5. The predicted octanol–water partition coefficient (Wildman–Crippen LogP) is 5.85. The van der Waals surface area contributed by atoms with Crippen LogP contribution in [0.3, 0.4) is 0 Å². The number of rotatable bonds is 7. The summed E-state index contributed by atoms with van der Waals surface area (Å²) in [6, 6.07) is 12.7. The largest absolute Gasteiger partial charge is 0.486 e. The van der Waals surface area contributed by atoms with Crippen molar-refractivity contribution < 1.29 is 28.6 Å². The van der Waals surface area contributed by atoms with Crippen LogP contribution in [-0.2, 0) is 4.79 Å². The van der Waals surface area contributed by atoms with Crippen molar-refractivity contribution in [2.75, 3.05) is 23.4 Å². The van der Waals surface area contributed by atoms with Gasteiger partial charge in [0.15, 0.2) is 0 Å². The number of anilines is 2. The Morgan fingerprint density at radius 1 is 1.22 bits per heavy atom. The lowest BCUT2D eigenvalue weighted by molar-refractivity contribution is -0.138. The maximum Gasteiger partial charge on any atom is 0.326 e. The third-order valence-corrected chi connectivity index (χ3v) is 6.79. The van der Waals surface area contributed by atoms with Gasteiger partial charge in [-0.15, -0.1) is 0 Å². The van der Waals surface area contributed by atoms with Gasteiger partial charge in [-0.3, -0.25) is 9.69 Å². The minimum Gasteiger partial charge on any atom is -0.486 e. The summed E-state index contributed by atoms with van der Waals surface area (Å²) in [5.41, 5.74) is 2.28. The molecule has 2 aliphatic rings. The zero-order chi connectivity index (χ0) is 26.1. The highest BCUT2D eigenvalue weighted by atomic mass is 35.5. The molecule has 37 heavy (non-hydrogen) atoms. The van der Waals surface area contributed by atoms with E-state index in [4.69, 9.17) is 26.2 Å². The Bertz CT molecular complexity index is 1340. The Labute approximate surface area is 218 Å². The zero-order valence-corrected chi connectivity index (χ0v) is 20.7. The predicted molar refractivity (Wildman–Crippen MR) is 137 cm³/mol. The average molecular weight is 526 g/mol. The van der Waals surface area contributed by atoms with E-state index in [1.54, 1.807) is 23.2 Å². The number of carboxylic acid groups (broad SMARTS) is 1. The molecule has 5 rings (SSSR count). The second-order valence-corrected chi connectivity index (χ2v) is 9.57. The second-order valence-electron chi connectivity index (χ2n) is 9.13. The van der Waals surface area contributed by atoms with E-state index >= 15 is 0 Å². The number of halogens is 2. The van der Waals surface area contributed by atoms with Crippen LogP contribution in [0.1, 0.15) is 19.8 Å². The molecule has 192 valence electrons. The number of nitrogens with zero attached hydrogens (tertiary/aromatic N) is 2. The van der Waals surface area contributed by atoms with Gasteiger partial charge in [-0.05, 0) is 54.8 Å². The van der Waals surface area contributed by atoms with E-state index in [2.05, 4.69) is 10.3 Å². The number of aliphatic carboxylic acids is 1. The van der Waals surface area contributed by atoms with Crippen LogP contribution in [-0.4, -0.2) is 41.3 Å². The number of carbonyl (C=O) groups is 2. The van der Waals surface area contributed by atoms with Crippen LogP contribution in [0.2, 0.25) is 5.02 Å². The van der Waals surface area contributed by atoms with Crippen LogP contribution in [0.25, 0.3) is 11.1 Å². The summed E-state index contributed by atoms with van der Waals surface area (Å²) in [5.74, 6) is -0.734. The van der Waals surface area contributed by atoms with E-state index in [1.807, 2.05) is 25.1 Å². The van der Waals surface area contributed by atoms with Crippen molar-refractivity contribution in [3.63, 3.8) is 0 Å². The summed E-state index contributed by atoms with van der Waals surface area (Å²) in [6.07, 6.45) is 2.76. The molecule has 2 heterocycles. The van der Waals surface area contributed by atoms with Gasteiger partial charge >= 0.3 is 12.0 Å². The van der Waals surface area contributed by atoms with Crippen LogP contribution < -0.4 is 19.7 Å². The van der Waals surface area contributed by atoms with Crippen LogP contribution >= 0.6 is 11.6 Å². The SMILES string of the molecule is CCC1CN(C(=O)Nc2ccc(Cl)cc2F)c2ccc(-c3ccc(OC[C@H]4C[C@@H]4C(=O)O)nc3)cc2O1. The molecule has 0 bridgehead atoms. The fourth-order valence-corrected chi connectivity index (χ4v) is 4.43. The van der Waals surface area contributed by atoms with Gasteiger partial charge in [-0.25, -0.2) is 14.2 Å². The van der Waals surface area contributed by atoms with Gasteiger partial charge < -0.3 is 19.9 Å². The quantitative estimate of drug-likeness (QED) is 0.401. The van der Waals surface area contributed by atoms with Gasteiger partial charge in [-0.1, -0.05) is 24.6 Å². The maximum atomic E-state index is 14.2. The summed E-state index contributed by atoms with van der Waals surface area (Å²) < 4.78 is 26.0. The van der Waals surface area contributed by atoms with Gasteiger partial charge in [0.05, 0.1) is 30.4 Å². The van der Waals surface area contributed by atoms with Crippen molar-refractivity contribution in [1.29, 1.82) is 0 Å². The van der Waals surface area contributed by atoms with Gasteiger partial charge in [0, 0.05) is 28.8 Å². The molecule has 3 atom stereocenters. The molecular weight excluding hydrogens is 501 g/mol. The van der Waals surface area contributed by atoms with Crippen molar-refractivity contribution >= 4 is 35.0 Å². The van der Waals surface area contributed by atoms with Crippen molar-refractivity contribution in [2.45, 2.75) is 25.9 Å². The van der Waals surface area contributed by atoms with E-state index in [1.165, 1.54) is 12.1 Å². The second kappa shape index (κ2) is 10.3. The standard InChI is InChI=1S/C27H25ClFN3O5/c1-2-19-13-32(27(35)31-22-6-5-18(28)11-21(22)29)23-7-3-15(10-24(23)37-19)16-4-8-25(30-12-16)36-14-17-9-20(17)26(33)34/h3-8,10-12,17,19-20H,2,9,13-14H2,1H3,(H,31,35)(H,33,34)/t17-,19?,20+/m1/s1. The molecule has 0 radical (unpaired) electrons. The number of carbonyl (C=O) groups excluding carboxylic acids is 1. The molecule has 8 nitrogen and oxygen atoms in total. The van der Waals surface area contributed by atoms with Crippen molar-refractivity contribution in [2.24, 2.45) is 11.8 Å². The molecule has 3 aromatic rings. The molecule has 10 heteroatoms. The monoisotopic (exact) mass is 525 g/mol. The summed E-state index contributed by atoms with van der Waals surface area (Å²) in [7, 11) is 0. The van der Waals surface area contributed by atoms with Crippen LogP contribution in [0, 0.1) is 17.7 Å². The van der Waals surface area contributed by atoms with Gasteiger partial charge in [0.1, 0.15) is 17.7 Å². The highest BCUT2D eigenvalue weighted by Gasteiger charge is 2.43. The van der Waals surface area contributed by atoms with Crippen LogP contribution in [0.15, 0.2) is 54.7 Å². The van der Waals surface area contributed by atoms with Gasteiger partial charge in [0.25, 0.3) is 0 Å². The summed E-state index contributed by atoms with van der Waals surface area (Å²) in [5, 5.41) is 11.9. The summed E-state index contributed by atoms with van der Waals surface area (Å²) in [6.45, 7) is 2.62. The minimum absolute atomic E-state index is 0.0274. The molecule has 0 spiro atoms. The first-order chi connectivity index (χ1) is 17.8. The summed E-state index contributed by atoms with van der Waals surface area (Å²) >= 11 is 5.82. The fraction of sp³-hybridized carbons (Fsp3) is 0.296. The van der Waals surface area contributed by atoms with E-state index in [-0.39, 0.29) is 28.6 Å². The number of aromatic nitrogens is 1. The molecule has 1 aliphatic carbocycles. The Balaban J connectivity index is 1.31. The molecule has 1 fully saturated rings. The number of urea groups is 1. The van der Waals surface area contributed by atoms with Gasteiger partial charge in [-0.2, -0.15) is 0 Å². The van der Waals surface area contributed by atoms with Crippen molar-refractivity contribution in [3.05, 3.63) is 65.6 Å². The first kappa shape index (κ1) is 24.8. The first-order valence-electron chi connectivity index (χ1n) is 12.0. The van der Waals surface area contributed by atoms with Gasteiger partial charge in [0.2, 0.25) is 5.88 Å². The smallest absolute Gasteiger partial charge is 0.326 e. The lowest BCUT2D eigenvalue weighted by atomic mass is 10.0. The molecule has 2 amide bonds. The Kier molecular flexibility index (Phi) is 6.88. The number of benzene rings is 2. The number of amides is 2. The topological polar surface area (TPSA) is 101 Å². The highest BCUT2D eigenvalue weighted by Crippen LogP contribution is 2.40. The number of fused-ring (bicyclic) bond motifs is 1. The molecular formula is C27H25ClFN3O5. The van der Waals surface area contributed by atoms with Crippen molar-refractivity contribution in [1.82, 2.24) is 4.98 Å². The number of hydrogen-bond donors (Lipinski definition) is 2. The molecule has 1 unspecified atom stereocenters. The molecule has 1 aliphatic heterocycles. The normalized spacial score (nSPS) is 20.0. The Morgan fingerprint density at radius 3 is 2.70 bits per heavy atom. The lowest BCUT2D eigenvalue weighted by Crippen LogP contribution is -2.45. The maximum absolute atomic E-state index is 14.2. The zero-order valence-electron chi connectivity index (χ0n) is 20.0.